The summed E-state index contributed by atoms with van der Waals surface area (Å²) in [4.78, 5) is 64.8. The van der Waals surface area contributed by atoms with E-state index in [1.165, 1.54) is 0 Å². The lowest BCUT2D eigenvalue weighted by Gasteiger charge is -2.23. The van der Waals surface area contributed by atoms with Gasteiger partial charge in [-0.2, -0.15) is 5.01 Å². The smallest absolute Gasteiger partial charge is 0.322 e. The first kappa shape index (κ1) is 22.6. The molecule has 2 aromatic carbocycles. The molecule has 2 saturated heterocycles. The minimum atomic E-state index is -1.20. The highest BCUT2D eigenvalue weighted by atomic mass is 16.2. The Morgan fingerprint density at radius 2 is 1.66 bits per heavy atom. The number of aryl methyl sites for hydroxylation is 2. The van der Waals surface area contributed by atoms with E-state index < -0.39 is 47.4 Å². The van der Waals surface area contributed by atoms with Crippen molar-refractivity contribution in [1.29, 1.82) is 0 Å². The molecule has 3 aliphatic rings. The number of imide groups is 2. The monoisotopic (exact) mass is 475 g/mol. The maximum atomic E-state index is 13.2. The molecule has 2 aliphatic heterocycles. The standard InChI is InChI=1S/C25H25N5O5/c1-24(13-11-16-7-3-2-4-8-16)20(32)30(23(35)26-24)28-19(31)15-29-21(33)25(27-22(29)34)14-12-17-9-5-6-10-18(17)25/h2-10H,11-15H2,1H3,(H,26,35)(H,27,34)(H,28,31)/t24-,25-/m1/s1. The lowest BCUT2D eigenvalue weighted by Crippen LogP contribution is -2.52. The number of benzene rings is 2. The zero-order chi connectivity index (χ0) is 24.8. The van der Waals surface area contributed by atoms with Gasteiger partial charge in [0.15, 0.2) is 0 Å². The Balaban J connectivity index is 1.24. The van der Waals surface area contributed by atoms with Gasteiger partial charge in [0.25, 0.3) is 17.7 Å². The second-order valence-electron chi connectivity index (χ2n) is 9.31. The number of carbonyl (C=O) groups excluding carboxylic acids is 5. The second kappa shape index (κ2) is 8.23. The van der Waals surface area contributed by atoms with Crippen molar-refractivity contribution in [3.8, 4) is 0 Å². The Bertz CT molecular complexity index is 1250. The van der Waals surface area contributed by atoms with E-state index in [2.05, 4.69) is 16.1 Å². The van der Waals surface area contributed by atoms with Crippen molar-refractivity contribution in [3.05, 3.63) is 71.3 Å². The molecule has 2 fully saturated rings. The molecule has 1 spiro atoms. The fourth-order valence-electron chi connectivity index (χ4n) is 5.03. The Kier molecular flexibility index (Phi) is 5.31. The first-order valence-electron chi connectivity index (χ1n) is 11.5. The number of nitrogens with zero attached hydrogens (tertiary/aromatic N) is 2. The third kappa shape index (κ3) is 3.71. The van der Waals surface area contributed by atoms with E-state index in [1.807, 2.05) is 42.5 Å². The molecule has 0 aromatic heterocycles. The zero-order valence-corrected chi connectivity index (χ0v) is 19.2. The number of carbonyl (C=O) groups is 5. The van der Waals surface area contributed by atoms with Crippen LogP contribution >= 0.6 is 0 Å². The Morgan fingerprint density at radius 1 is 0.943 bits per heavy atom. The van der Waals surface area contributed by atoms with Gasteiger partial charge in [0.1, 0.15) is 17.6 Å². The fourth-order valence-corrected chi connectivity index (χ4v) is 5.03. The minimum Gasteiger partial charge on any atom is -0.322 e. The average Bonchev–Trinajstić information content (AvgIpc) is 3.41. The highest BCUT2D eigenvalue weighted by Crippen LogP contribution is 2.41. The van der Waals surface area contributed by atoms with Gasteiger partial charge >= 0.3 is 12.1 Å². The molecular weight excluding hydrogens is 450 g/mol. The van der Waals surface area contributed by atoms with Crippen molar-refractivity contribution in [3.63, 3.8) is 0 Å². The number of hydrazine groups is 1. The molecule has 0 radical (unpaired) electrons. The first-order chi connectivity index (χ1) is 16.7. The van der Waals surface area contributed by atoms with Crippen LogP contribution in [-0.2, 0) is 32.8 Å². The van der Waals surface area contributed by atoms with E-state index in [1.54, 1.807) is 19.1 Å². The zero-order valence-electron chi connectivity index (χ0n) is 19.2. The number of nitrogens with one attached hydrogen (secondary N) is 3. The number of hydrogen-bond donors (Lipinski definition) is 3. The Morgan fingerprint density at radius 3 is 2.43 bits per heavy atom. The molecule has 2 heterocycles. The van der Waals surface area contributed by atoms with Crippen LogP contribution < -0.4 is 16.1 Å². The predicted molar refractivity (Wildman–Crippen MR) is 123 cm³/mol. The molecule has 5 rings (SSSR count). The van der Waals surface area contributed by atoms with E-state index >= 15 is 0 Å². The van der Waals surface area contributed by atoms with E-state index in [0.29, 0.717) is 30.7 Å². The van der Waals surface area contributed by atoms with Crippen LogP contribution in [0.2, 0.25) is 0 Å². The lowest BCUT2D eigenvalue weighted by molar-refractivity contribution is -0.140. The molecule has 0 saturated carbocycles. The summed E-state index contributed by atoms with van der Waals surface area (Å²) in [6.45, 7) is 0.980. The van der Waals surface area contributed by atoms with E-state index in [9.17, 15) is 24.0 Å². The molecule has 2 aromatic rings. The molecule has 180 valence electrons. The summed E-state index contributed by atoms with van der Waals surface area (Å²) in [7, 11) is 0. The van der Waals surface area contributed by atoms with Gasteiger partial charge in [-0.15, -0.1) is 0 Å². The van der Waals surface area contributed by atoms with Gasteiger partial charge in [-0.1, -0.05) is 54.6 Å². The summed E-state index contributed by atoms with van der Waals surface area (Å²) in [5.74, 6) is -1.95. The maximum Gasteiger partial charge on any atom is 0.344 e. The molecule has 2 atom stereocenters. The quantitative estimate of drug-likeness (QED) is 0.544. The molecular formula is C25H25N5O5. The maximum absolute atomic E-state index is 13.2. The first-order valence-corrected chi connectivity index (χ1v) is 11.5. The molecule has 10 heteroatoms. The van der Waals surface area contributed by atoms with Crippen LogP contribution in [0.5, 0.6) is 0 Å². The summed E-state index contributed by atoms with van der Waals surface area (Å²) >= 11 is 0. The van der Waals surface area contributed by atoms with Crippen LogP contribution in [0.15, 0.2) is 54.6 Å². The molecule has 1 aliphatic carbocycles. The van der Waals surface area contributed by atoms with Gasteiger partial charge in [0.2, 0.25) is 0 Å². The highest BCUT2D eigenvalue weighted by Gasteiger charge is 2.56. The summed E-state index contributed by atoms with van der Waals surface area (Å²) in [6.07, 6.45) is 1.92. The van der Waals surface area contributed by atoms with Crippen molar-refractivity contribution in [2.75, 3.05) is 6.54 Å². The third-order valence-corrected chi connectivity index (χ3v) is 6.98. The van der Waals surface area contributed by atoms with Crippen LogP contribution in [0.4, 0.5) is 9.59 Å². The van der Waals surface area contributed by atoms with Crippen LogP contribution in [0.3, 0.4) is 0 Å². The second-order valence-corrected chi connectivity index (χ2v) is 9.31. The largest absolute Gasteiger partial charge is 0.344 e. The van der Waals surface area contributed by atoms with Crippen molar-refractivity contribution in [2.45, 2.75) is 43.7 Å². The number of rotatable bonds is 6. The van der Waals surface area contributed by atoms with Crippen LogP contribution in [0.25, 0.3) is 0 Å². The topological polar surface area (TPSA) is 128 Å². The van der Waals surface area contributed by atoms with Gasteiger partial charge in [-0.25, -0.2) is 9.59 Å². The lowest BCUT2D eigenvalue weighted by atomic mass is 9.92. The van der Waals surface area contributed by atoms with Crippen molar-refractivity contribution < 1.29 is 24.0 Å². The summed E-state index contributed by atoms with van der Waals surface area (Å²) in [5, 5.41) is 5.99. The molecule has 35 heavy (non-hydrogen) atoms. The average molecular weight is 476 g/mol. The summed E-state index contributed by atoms with van der Waals surface area (Å²) in [6, 6.07) is 15.5. The van der Waals surface area contributed by atoms with E-state index in [0.717, 1.165) is 21.6 Å². The van der Waals surface area contributed by atoms with Crippen LogP contribution in [-0.4, -0.2) is 51.8 Å². The number of fused-ring (bicyclic) bond motifs is 2. The van der Waals surface area contributed by atoms with Gasteiger partial charge in [-0.05, 0) is 49.3 Å². The van der Waals surface area contributed by atoms with Gasteiger partial charge < -0.3 is 10.6 Å². The van der Waals surface area contributed by atoms with E-state index in [4.69, 9.17) is 0 Å². The van der Waals surface area contributed by atoms with E-state index in [-0.39, 0.29) is 0 Å². The number of urea groups is 2. The van der Waals surface area contributed by atoms with Crippen molar-refractivity contribution in [1.82, 2.24) is 26.0 Å². The molecule has 7 amide bonds. The number of amides is 7. The summed E-state index contributed by atoms with van der Waals surface area (Å²) < 4.78 is 0. The SMILES string of the molecule is C[C@]1(CCc2ccccc2)NC(=O)N(NC(=O)CN2C(=O)N[C@@]3(CCc4ccccc43)C2=O)C1=O. The summed E-state index contributed by atoms with van der Waals surface area (Å²) in [5.41, 5.74) is 2.58. The Labute approximate surface area is 201 Å². The van der Waals surface area contributed by atoms with Crippen LogP contribution in [0.1, 0.15) is 36.5 Å². The molecule has 0 unspecified atom stereocenters. The van der Waals surface area contributed by atoms with Gasteiger partial charge in [0, 0.05) is 0 Å². The number of hydrogen-bond acceptors (Lipinski definition) is 5. The molecule has 3 N–H and O–H groups in total. The van der Waals surface area contributed by atoms with Gasteiger partial charge in [-0.3, -0.25) is 24.7 Å². The van der Waals surface area contributed by atoms with Crippen LogP contribution in [0, 0.1) is 0 Å². The fraction of sp³-hybridized carbons (Fsp3) is 0.320. The van der Waals surface area contributed by atoms with Crippen molar-refractivity contribution >= 4 is 29.8 Å². The van der Waals surface area contributed by atoms with Crippen molar-refractivity contribution in [2.24, 2.45) is 0 Å². The highest BCUT2D eigenvalue weighted by molar-refractivity contribution is 6.11. The predicted octanol–water partition coefficient (Wildman–Crippen LogP) is 1.35. The minimum absolute atomic E-state index is 0.336. The normalized spacial score (nSPS) is 25.2. The third-order valence-electron chi connectivity index (χ3n) is 6.98. The molecule has 0 bridgehead atoms. The molecule has 10 nitrogen and oxygen atoms in total. The van der Waals surface area contributed by atoms with Gasteiger partial charge in [0.05, 0.1) is 0 Å². The Hall–Kier alpha value is -4.21.